The Hall–Kier alpha value is -5.16. The summed E-state index contributed by atoms with van der Waals surface area (Å²) >= 11 is 0. The number of carbonyl (C=O) groups excluding carboxylic acids is 2. The molecule has 1 atom stereocenters. The molecule has 0 bridgehead atoms. The van der Waals surface area contributed by atoms with Crippen LogP contribution in [0.5, 0.6) is 17.2 Å². The molecule has 0 saturated heterocycles. The van der Waals surface area contributed by atoms with Gasteiger partial charge in [0.2, 0.25) is 10.0 Å². The van der Waals surface area contributed by atoms with Crippen molar-refractivity contribution in [3.05, 3.63) is 120 Å². The lowest BCUT2D eigenvalue weighted by molar-refractivity contribution is -0.123. The van der Waals surface area contributed by atoms with Crippen LogP contribution in [0.1, 0.15) is 24.1 Å². The number of hydrogen-bond donors (Lipinski definition) is 2. The van der Waals surface area contributed by atoms with Gasteiger partial charge in [0.15, 0.2) is 6.61 Å². The largest absolute Gasteiger partial charge is 0.484 e. The van der Waals surface area contributed by atoms with Crippen molar-refractivity contribution < 1.29 is 27.5 Å². The lowest BCUT2D eigenvalue weighted by atomic mass is 10.1. The van der Waals surface area contributed by atoms with Crippen molar-refractivity contribution in [2.75, 3.05) is 23.7 Å². The van der Waals surface area contributed by atoms with Gasteiger partial charge in [-0.3, -0.25) is 13.9 Å². The summed E-state index contributed by atoms with van der Waals surface area (Å²) in [5.41, 5.74) is 4.31. The van der Waals surface area contributed by atoms with Crippen LogP contribution in [0.3, 0.4) is 0 Å². The summed E-state index contributed by atoms with van der Waals surface area (Å²) in [6, 6.07) is 31.8. The van der Waals surface area contributed by atoms with Gasteiger partial charge in [0.25, 0.3) is 11.8 Å². The molecule has 0 aliphatic heterocycles. The zero-order valence-corrected chi connectivity index (χ0v) is 24.5. The Bertz CT molecular complexity index is 1630. The molecule has 0 saturated carbocycles. The molecule has 11 heteroatoms. The van der Waals surface area contributed by atoms with E-state index in [1.54, 1.807) is 60.7 Å². The summed E-state index contributed by atoms with van der Waals surface area (Å²) in [6.07, 6.45) is 2.44. The van der Waals surface area contributed by atoms with Crippen LogP contribution in [0, 0.1) is 0 Å². The maximum atomic E-state index is 12.5. The molecule has 4 rings (SSSR count). The van der Waals surface area contributed by atoms with Gasteiger partial charge in [-0.25, -0.2) is 13.8 Å². The molecule has 0 spiro atoms. The van der Waals surface area contributed by atoms with Crippen molar-refractivity contribution in [1.82, 2.24) is 10.7 Å². The van der Waals surface area contributed by atoms with Gasteiger partial charge in [-0.1, -0.05) is 48.5 Å². The van der Waals surface area contributed by atoms with Gasteiger partial charge in [-0.05, 0) is 78.7 Å². The second-order valence-electron chi connectivity index (χ2n) is 9.53. The summed E-state index contributed by atoms with van der Waals surface area (Å²) < 4.78 is 37.1. The van der Waals surface area contributed by atoms with E-state index >= 15 is 0 Å². The Labute approximate surface area is 251 Å². The maximum Gasteiger partial charge on any atom is 0.260 e. The normalized spacial score (nSPS) is 11.9. The summed E-state index contributed by atoms with van der Waals surface area (Å²) in [7, 11) is -3.76. The first-order valence-corrected chi connectivity index (χ1v) is 15.2. The van der Waals surface area contributed by atoms with Crippen molar-refractivity contribution in [2.45, 2.75) is 13.0 Å². The molecule has 0 aromatic heterocycles. The van der Waals surface area contributed by atoms with E-state index in [1.165, 1.54) is 6.21 Å². The van der Waals surface area contributed by atoms with Gasteiger partial charge in [0, 0.05) is 0 Å². The molecule has 222 valence electrons. The Kier molecular flexibility index (Phi) is 10.5. The first-order valence-electron chi connectivity index (χ1n) is 13.4. The third-order valence-corrected chi connectivity index (χ3v) is 7.26. The fraction of sp³-hybridized carbons (Fsp3) is 0.156. The van der Waals surface area contributed by atoms with E-state index in [-0.39, 0.29) is 18.6 Å². The fourth-order valence-corrected chi connectivity index (χ4v) is 4.81. The molecular formula is C32H32N4O6S. The molecule has 2 N–H and O–H groups in total. The molecule has 0 radical (unpaired) electrons. The number of anilines is 1. The molecule has 2 amide bonds. The molecule has 10 nitrogen and oxygen atoms in total. The van der Waals surface area contributed by atoms with Gasteiger partial charge >= 0.3 is 0 Å². The van der Waals surface area contributed by atoms with E-state index in [0.717, 1.165) is 16.1 Å². The second kappa shape index (κ2) is 14.6. The number of hydrazone groups is 1. The summed E-state index contributed by atoms with van der Waals surface area (Å²) in [4.78, 5) is 24.8. The molecule has 0 fully saturated rings. The van der Waals surface area contributed by atoms with Crippen LogP contribution in [-0.4, -0.2) is 45.9 Å². The van der Waals surface area contributed by atoms with Crippen LogP contribution in [0.2, 0.25) is 0 Å². The van der Waals surface area contributed by atoms with Crippen molar-refractivity contribution in [3.8, 4) is 17.2 Å². The minimum absolute atomic E-state index is 0.139. The van der Waals surface area contributed by atoms with Crippen LogP contribution in [-0.2, 0) is 19.6 Å². The molecular weight excluding hydrogens is 568 g/mol. The smallest absolute Gasteiger partial charge is 0.260 e. The quantitative estimate of drug-likeness (QED) is 0.170. The molecule has 4 aromatic rings. The van der Waals surface area contributed by atoms with Gasteiger partial charge in [-0.2, -0.15) is 5.10 Å². The molecule has 0 aliphatic rings. The van der Waals surface area contributed by atoms with E-state index in [1.807, 2.05) is 55.5 Å². The molecule has 0 aliphatic carbocycles. The van der Waals surface area contributed by atoms with E-state index < -0.39 is 22.5 Å². The topological polar surface area (TPSA) is 126 Å². The van der Waals surface area contributed by atoms with Crippen LogP contribution >= 0.6 is 0 Å². The highest BCUT2D eigenvalue weighted by Crippen LogP contribution is 2.25. The Morgan fingerprint density at radius 1 is 0.814 bits per heavy atom. The Morgan fingerprint density at radius 3 is 2.02 bits per heavy atom. The zero-order chi connectivity index (χ0) is 30.7. The third-order valence-electron chi connectivity index (χ3n) is 6.12. The predicted molar refractivity (Wildman–Crippen MR) is 166 cm³/mol. The van der Waals surface area contributed by atoms with Crippen molar-refractivity contribution >= 4 is 33.7 Å². The first-order chi connectivity index (χ1) is 20.7. The van der Waals surface area contributed by atoms with Gasteiger partial charge < -0.3 is 14.8 Å². The van der Waals surface area contributed by atoms with E-state index in [0.29, 0.717) is 28.5 Å². The average Bonchev–Trinajstić information content (AvgIpc) is 3.00. The lowest BCUT2D eigenvalue weighted by Crippen LogP contribution is -2.38. The Balaban J connectivity index is 1.25. The highest BCUT2D eigenvalue weighted by Gasteiger charge is 2.21. The number of ether oxygens (including phenoxy) is 2. The zero-order valence-electron chi connectivity index (χ0n) is 23.7. The Morgan fingerprint density at radius 2 is 1.40 bits per heavy atom. The number of rotatable bonds is 13. The number of nitrogens with zero attached hydrogens (tertiary/aromatic N) is 2. The first kappa shape index (κ1) is 30.8. The van der Waals surface area contributed by atoms with Crippen LogP contribution in [0.25, 0.3) is 0 Å². The molecule has 0 unspecified atom stereocenters. The number of carbonyl (C=O) groups is 2. The number of benzene rings is 4. The number of sulfonamides is 1. The van der Waals surface area contributed by atoms with Gasteiger partial charge in [0.05, 0.1) is 24.2 Å². The predicted octanol–water partition coefficient (Wildman–Crippen LogP) is 4.65. The number of para-hydroxylation sites is 1. The minimum Gasteiger partial charge on any atom is -0.484 e. The number of nitrogens with one attached hydrogen (secondary N) is 2. The van der Waals surface area contributed by atoms with Crippen LogP contribution in [0.15, 0.2) is 114 Å². The van der Waals surface area contributed by atoms with Crippen molar-refractivity contribution in [3.63, 3.8) is 0 Å². The highest BCUT2D eigenvalue weighted by molar-refractivity contribution is 7.92. The van der Waals surface area contributed by atoms with Gasteiger partial charge in [-0.15, -0.1) is 0 Å². The van der Waals surface area contributed by atoms with Gasteiger partial charge in [0.1, 0.15) is 23.8 Å². The SMILES string of the molecule is C[C@@H](NC(=O)COc1ccc(/C=N\NC(=O)CN(c2ccc(Oc3ccccc3)cc2)S(C)(=O)=O)cc1)c1ccccc1. The average molecular weight is 601 g/mol. The van der Waals surface area contributed by atoms with E-state index in [4.69, 9.17) is 9.47 Å². The number of hydrogen-bond acceptors (Lipinski definition) is 7. The standard InChI is InChI=1S/C32H32N4O6S/c1-24(26-9-5-3-6-10-26)34-32(38)23-41-28-17-13-25(14-18-28)21-33-35-31(37)22-36(43(2,39)40)27-15-19-30(20-16-27)42-29-11-7-4-8-12-29/h3-21,24H,22-23H2,1-2H3,(H,34,38)(H,35,37)/b33-21-/t24-/m1/s1. The van der Waals surface area contributed by atoms with E-state index in [2.05, 4.69) is 15.8 Å². The number of amides is 2. The molecule has 4 aromatic carbocycles. The van der Waals surface area contributed by atoms with Crippen molar-refractivity contribution in [1.29, 1.82) is 0 Å². The lowest BCUT2D eigenvalue weighted by Gasteiger charge is -2.21. The van der Waals surface area contributed by atoms with E-state index in [9.17, 15) is 18.0 Å². The fourth-order valence-electron chi connectivity index (χ4n) is 3.96. The monoisotopic (exact) mass is 600 g/mol. The van der Waals surface area contributed by atoms with Crippen LogP contribution in [0.4, 0.5) is 5.69 Å². The second-order valence-corrected chi connectivity index (χ2v) is 11.4. The summed E-state index contributed by atoms with van der Waals surface area (Å²) in [6.45, 7) is 1.30. The highest BCUT2D eigenvalue weighted by atomic mass is 32.2. The molecule has 43 heavy (non-hydrogen) atoms. The maximum absolute atomic E-state index is 12.5. The third kappa shape index (κ3) is 9.72. The summed E-state index contributed by atoms with van der Waals surface area (Å²) in [5.74, 6) is 0.792. The van der Waals surface area contributed by atoms with Crippen LogP contribution < -0.4 is 24.5 Å². The van der Waals surface area contributed by atoms with Crippen molar-refractivity contribution in [2.24, 2.45) is 5.10 Å². The minimum atomic E-state index is -3.76. The summed E-state index contributed by atoms with van der Waals surface area (Å²) in [5, 5.41) is 6.81. The molecule has 0 heterocycles.